The smallest absolute Gasteiger partial charge is 0.00457 e. The van der Waals surface area contributed by atoms with Crippen molar-refractivity contribution in [1.82, 2.24) is 0 Å². The van der Waals surface area contributed by atoms with Crippen molar-refractivity contribution in [3.05, 3.63) is 35.4 Å². The third-order valence-electron chi connectivity index (χ3n) is 3.13. The Kier molecular flexibility index (Phi) is 5.54. The van der Waals surface area contributed by atoms with Crippen molar-refractivity contribution in [2.75, 3.05) is 6.54 Å². The fraction of sp³-hybridized carbons (Fsp3) is 0.600. The molecule has 1 aromatic carbocycles. The van der Waals surface area contributed by atoms with E-state index < -0.39 is 0 Å². The Hall–Kier alpha value is -0.820. The van der Waals surface area contributed by atoms with E-state index in [4.69, 9.17) is 5.73 Å². The lowest BCUT2D eigenvalue weighted by molar-refractivity contribution is 0.428. The summed E-state index contributed by atoms with van der Waals surface area (Å²) in [5.74, 6) is 1.43. The van der Waals surface area contributed by atoms with Crippen LogP contribution in [-0.4, -0.2) is 6.54 Å². The second kappa shape index (κ2) is 6.70. The monoisotopic (exact) mass is 219 g/mol. The van der Waals surface area contributed by atoms with E-state index >= 15 is 0 Å². The molecule has 0 aliphatic rings. The largest absolute Gasteiger partial charge is 0.330 e. The zero-order chi connectivity index (χ0) is 12.0. The third-order valence-corrected chi connectivity index (χ3v) is 3.13. The summed E-state index contributed by atoms with van der Waals surface area (Å²) in [6.07, 6.45) is 3.67. The molecular weight excluding hydrogens is 194 g/mol. The summed E-state index contributed by atoms with van der Waals surface area (Å²) in [6.45, 7) is 7.49. The first-order valence-electron chi connectivity index (χ1n) is 6.37. The molecule has 0 heterocycles. The maximum Gasteiger partial charge on any atom is -0.00457 e. The van der Waals surface area contributed by atoms with E-state index in [0.717, 1.165) is 18.9 Å². The van der Waals surface area contributed by atoms with E-state index in [-0.39, 0.29) is 0 Å². The fourth-order valence-corrected chi connectivity index (χ4v) is 1.93. The number of rotatable bonds is 6. The van der Waals surface area contributed by atoms with Gasteiger partial charge in [0.2, 0.25) is 0 Å². The van der Waals surface area contributed by atoms with Gasteiger partial charge in [-0.05, 0) is 43.7 Å². The molecule has 0 aliphatic heterocycles. The minimum Gasteiger partial charge on any atom is -0.330 e. The van der Waals surface area contributed by atoms with E-state index in [0.29, 0.717) is 5.92 Å². The standard InChI is InChI=1S/C15H25N/c1-12(2)4-7-15(11-16)10-14-8-5-13(3)6-9-14/h5-6,8-9,12,15H,4,7,10-11,16H2,1-3H3. The van der Waals surface area contributed by atoms with Gasteiger partial charge in [0.25, 0.3) is 0 Å². The van der Waals surface area contributed by atoms with E-state index in [1.807, 2.05) is 0 Å². The maximum atomic E-state index is 5.84. The minimum absolute atomic E-state index is 0.644. The molecule has 90 valence electrons. The zero-order valence-corrected chi connectivity index (χ0v) is 10.9. The van der Waals surface area contributed by atoms with Crippen LogP contribution in [0.3, 0.4) is 0 Å². The molecule has 1 unspecified atom stereocenters. The summed E-state index contributed by atoms with van der Waals surface area (Å²) < 4.78 is 0. The van der Waals surface area contributed by atoms with Crippen molar-refractivity contribution in [1.29, 1.82) is 0 Å². The lowest BCUT2D eigenvalue weighted by Gasteiger charge is -2.16. The Morgan fingerprint density at radius 3 is 2.19 bits per heavy atom. The first-order valence-corrected chi connectivity index (χ1v) is 6.37. The van der Waals surface area contributed by atoms with Crippen molar-refractivity contribution < 1.29 is 0 Å². The average Bonchev–Trinajstić information content (AvgIpc) is 2.26. The molecule has 0 bridgehead atoms. The van der Waals surface area contributed by atoms with Crippen molar-refractivity contribution in [3.8, 4) is 0 Å². The Morgan fingerprint density at radius 2 is 1.69 bits per heavy atom. The van der Waals surface area contributed by atoms with Gasteiger partial charge in [-0.3, -0.25) is 0 Å². The van der Waals surface area contributed by atoms with Crippen LogP contribution in [0.4, 0.5) is 0 Å². The minimum atomic E-state index is 0.644. The number of aryl methyl sites for hydroxylation is 1. The molecule has 0 aliphatic carbocycles. The first kappa shape index (κ1) is 13.2. The van der Waals surface area contributed by atoms with E-state index in [9.17, 15) is 0 Å². The predicted molar refractivity (Wildman–Crippen MR) is 71.5 cm³/mol. The van der Waals surface area contributed by atoms with Crippen molar-refractivity contribution in [2.45, 2.75) is 40.0 Å². The highest BCUT2D eigenvalue weighted by Crippen LogP contribution is 2.16. The first-order chi connectivity index (χ1) is 7.61. The molecule has 1 heteroatoms. The average molecular weight is 219 g/mol. The molecule has 0 radical (unpaired) electrons. The molecule has 1 nitrogen and oxygen atoms in total. The molecule has 0 saturated carbocycles. The van der Waals surface area contributed by atoms with Gasteiger partial charge in [-0.1, -0.05) is 50.1 Å². The predicted octanol–water partition coefficient (Wildman–Crippen LogP) is 3.55. The molecule has 0 spiro atoms. The maximum absolute atomic E-state index is 5.84. The van der Waals surface area contributed by atoms with Crippen LogP contribution >= 0.6 is 0 Å². The molecule has 1 atom stereocenters. The summed E-state index contributed by atoms with van der Waals surface area (Å²) in [5.41, 5.74) is 8.59. The molecule has 2 N–H and O–H groups in total. The fourth-order valence-electron chi connectivity index (χ4n) is 1.93. The Labute approximate surface area is 100 Å². The topological polar surface area (TPSA) is 26.0 Å². The third kappa shape index (κ3) is 4.80. The molecular formula is C15H25N. The molecule has 0 amide bonds. The highest BCUT2D eigenvalue weighted by Gasteiger charge is 2.08. The van der Waals surface area contributed by atoms with Gasteiger partial charge < -0.3 is 5.73 Å². The molecule has 16 heavy (non-hydrogen) atoms. The van der Waals surface area contributed by atoms with Crippen LogP contribution in [0.15, 0.2) is 24.3 Å². The van der Waals surface area contributed by atoms with Gasteiger partial charge in [0, 0.05) is 0 Å². The normalized spacial score (nSPS) is 13.1. The van der Waals surface area contributed by atoms with E-state index in [2.05, 4.69) is 45.0 Å². The second-order valence-corrected chi connectivity index (χ2v) is 5.26. The molecule has 0 fully saturated rings. The zero-order valence-electron chi connectivity index (χ0n) is 10.9. The Bertz CT molecular complexity index is 287. The molecule has 0 aromatic heterocycles. The van der Waals surface area contributed by atoms with Gasteiger partial charge in [0.15, 0.2) is 0 Å². The van der Waals surface area contributed by atoms with Crippen LogP contribution in [0.25, 0.3) is 0 Å². The van der Waals surface area contributed by atoms with E-state index in [1.165, 1.54) is 24.0 Å². The SMILES string of the molecule is Cc1ccc(CC(CN)CCC(C)C)cc1. The number of nitrogens with two attached hydrogens (primary N) is 1. The van der Waals surface area contributed by atoms with Gasteiger partial charge in [-0.2, -0.15) is 0 Å². The lowest BCUT2D eigenvalue weighted by Crippen LogP contribution is -2.17. The summed E-state index contributed by atoms with van der Waals surface area (Å²) in [5, 5.41) is 0. The van der Waals surface area contributed by atoms with Gasteiger partial charge in [0.1, 0.15) is 0 Å². The van der Waals surface area contributed by atoms with Crippen LogP contribution in [0, 0.1) is 18.8 Å². The summed E-state index contributed by atoms with van der Waals surface area (Å²) in [7, 11) is 0. The van der Waals surface area contributed by atoms with Gasteiger partial charge in [-0.25, -0.2) is 0 Å². The van der Waals surface area contributed by atoms with Crippen LogP contribution in [-0.2, 0) is 6.42 Å². The molecule has 1 aromatic rings. The number of benzene rings is 1. The van der Waals surface area contributed by atoms with Crippen LogP contribution in [0.1, 0.15) is 37.8 Å². The van der Waals surface area contributed by atoms with Gasteiger partial charge >= 0.3 is 0 Å². The summed E-state index contributed by atoms with van der Waals surface area (Å²) in [4.78, 5) is 0. The molecule has 0 saturated heterocycles. The summed E-state index contributed by atoms with van der Waals surface area (Å²) >= 11 is 0. The highest BCUT2D eigenvalue weighted by atomic mass is 14.5. The van der Waals surface area contributed by atoms with Gasteiger partial charge in [-0.15, -0.1) is 0 Å². The van der Waals surface area contributed by atoms with Crippen LogP contribution in [0.5, 0.6) is 0 Å². The molecule has 1 rings (SSSR count). The van der Waals surface area contributed by atoms with Crippen LogP contribution in [0.2, 0.25) is 0 Å². The number of hydrogen-bond donors (Lipinski definition) is 1. The van der Waals surface area contributed by atoms with Gasteiger partial charge in [0.05, 0.1) is 0 Å². The quantitative estimate of drug-likeness (QED) is 0.778. The highest BCUT2D eigenvalue weighted by molar-refractivity contribution is 5.21. The Balaban J connectivity index is 2.46. The van der Waals surface area contributed by atoms with Crippen LogP contribution < -0.4 is 5.73 Å². The van der Waals surface area contributed by atoms with Crippen molar-refractivity contribution in [2.24, 2.45) is 17.6 Å². The Morgan fingerprint density at radius 1 is 1.06 bits per heavy atom. The van der Waals surface area contributed by atoms with Crippen molar-refractivity contribution in [3.63, 3.8) is 0 Å². The van der Waals surface area contributed by atoms with E-state index in [1.54, 1.807) is 0 Å². The van der Waals surface area contributed by atoms with Crippen molar-refractivity contribution >= 4 is 0 Å². The lowest BCUT2D eigenvalue weighted by atomic mass is 9.92. The second-order valence-electron chi connectivity index (χ2n) is 5.26. The number of hydrogen-bond acceptors (Lipinski definition) is 1. The summed E-state index contributed by atoms with van der Waals surface area (Å²) in [6, 6.07) is 8.83.